The molecule has 0 aliphatic rings. The van der Waals surface area contributed by atoms with Crippen LogP contribution in [-0.4, -0.2) is 13.1 Å². The Kier molecular flexibility index (Phi) is 14.6. The Labute approximate surface area is 61.4 Å². The van der Waals surface area contributed by atoms with Crippen molar-refractivity contribution in [2.24, 2.45) is 11.5 Å². The van der Waals surface area contributed by atoms with Gasteiger partial charge in [0.05, 0.1) is 0 Å². The van der Waals surface area contributed by atoms with E-state index in [-0.39, 0.29) is 17.0 Å². The number of hydrogen-bond donors (Lipinski definition) is 2. The second-order valence-corrected chi connectivity index (χ2v) is 1.64. The quantitative estimate of drug-likeness (QED) is 0.629. The minimum absolute atomic E-state index is 0. The van der Waals surface area contributed by atoms with Gasteiger partial charge in [0.2, 0.25) is 0 Å². The van der Waals surface area contributed by atoms with Crippen molar-refractivity contribution in [2.45, 2.75) is 19.3 Å². The van der Waals surface area contributed by atoms with Crippen LogP contribution in [0.1, 0.15) is 19.3 Å². The zero-order chi connectivity index (χ0) is 5.54. The van der Waals surface area contributed by atoms with Crippen LogP contribution < -0.4 is 11.5 Å². The largest absolute Gasteiger partial charge is 0.330 e. The summed E-state index contributed by atoms with van der Waals surface area (Å²) in [6.07, 6.45) is 3.43. The van der Waals surface area contributed by atoms with E-state index in [1.54, 1.807) is 0 Å². The summed E-state index contributed by atoms with van der Waals surface area (Å²) in [6, 6.07) is 0. The minimum atomic E-state index is 0. The Hall–Kier alpha value is 0.400. The molecule has 0 aliphatic carbocycles. The molecule has 3 heteroatoms. The van der Waals surface area contributed by atoms with Gasteiger partial charge in [-0.3, -0.25) is 0 Å². The highest BCUT2D eigenvalue weighted by molar-refractivity contribution is 8.93. The molecule has 0 unspecified atom stereocenters. The molecular formula is C5H15BrN2. The summed E-state index contributed by atoms with van der Waals surface area (Å²) in [4.78, 5) is 0. The van der Waals surface area contributed by atoms with Gasteiger partial charge in [-0.15, -0.1) is 17.0 Å². The van der Waals surface area contributed by atoms with Gasteiger partial charge in [-0.1, -0.05) is 6.42 Å². The van der Waals surface area contributed by atoms with Crippen molar-refractivity contribution in [3.8, 4) is 0 Å². The Morgan fingerprint density at radius 1 is 0.750 bits per heavy atom. The topological polar surface area (TPSA) is 52.0 Å². The van der Waals surface area contributed by atoms with Crippen LogP contribution in [0.25, 0.3) is 0 Å². The van der Waals surface area contributed by atoms with Gasteiger partial charge in [-0.2, -0.15) is 0 Å². The molecule has 0 bridgehead atoms. The molecule has 0 heterocycles. The fourth-order valence-electron chi connectivity index (χ4n) is 0.465. The maximum Gasteiger partial charge on any atom is -0.00773 e. The molecule has 0 aromatic rings. The van der Waals surface area contributed by atoms with Gasteiger partial charge in [0, 0.05) is 0 Å². The number of halogens is 1. The van der Waals surface area contributed by atoms with Gasteiger partial charge >= 0.3 is 0 Å². The second-order valence-electron chi connectivity index (χ2n) is 1.64. The van der Waals surface area contributed by atoms with E-state index < -0.39 is 0 Å². The van der Waals surface area contributed by atoms with Crippen LogP contribution in [-0.2, 0) is 0 Å². The molecule has 0 saturated carbocycles. The van der Waals surface area contributed by atoms with Gasteiger partial charge in [-0.25, -0.2) is 0 Å². The van der Waals surface area contributed by atoms with Gasteiger partial charge in [0.25, 0.3) is 0 Å². The predicted molar refractivity (Wildman–Crippen MR) is 42.3 cm³/mol. The first kappa shape index (κ1) is 11.2. The van der Waals surface area contributed by atoms with Crippen molar-refractivity contribution in [1.82, 2.24) is 0 Å². The maximum absolute atomic E-state index is 5.23. The van der Waals surface area contributed by atoms with Crippen LogP contribution in [0.2, 0.25) is 0 Å². The molecule has 0 aliphatic heterocycles. The summed E-state index contributed by atoms with van der Waals surface area (Å²) >= 11 is 0. The lowest BCUT2D eigenvalue weighted by molar-refractivity contribution is 0.695. The van der Waals surface area contributed by atoms with Crippen molar-refractivity contribution in [3.63, 3.8) is 0 Å². The Morgan fingerprint density at radius 2 is 1.12 bits per heavy atom. The second kappa shape index (κ2) is 10.4. The third kappa shape index (κ3) is 9.64. The van der Waals surface area contributed by atoms with Crippen LogP contribution in [0.15, 0.2) is 0 Å². The summed E-state index contributed by atoms with van der Waals surface area (Å²) in [5, 5.41) is 0. The van der Waals surface area contributed by atoms with Crippen molar-refractivity contribution in [3.05, 3.63) is 0 Å². The molecule has 8 heavy (non-hydrogen) atoms. The van der Waals surface area contributed by atoms with Crippen LogP contribution in [0.3, 0.4) is 0 Å². The molecule has 0 spiro atoms. The van der Waals surface area contributed by atoms with Crippen LogP contribution in [0.5, 0.6) is 0 Å². The van der Waals surface area contributed by atoms with Gasteiger partial charge in [0.15, 0.2) is 0 Å². The van der Waals surface area contributed by atoms with Crippen molar-refractivity contribution >= 4 is 17.0 Å². The highest BCUT2D eigenvalue weighted by Gasteiger charge is 1.80. The van der Waals surface area contributed by atoms with Crippen molar-refractivity contribution < 1.29 is 0 Å². The molecule has 0 aromatic heterocycles. The lowest BCUT2D eigenvalue weighted by atomic mass is 10.2. The first-order chi connectivity index (χ1) is 3.41. The van der Waals surface area contributed by atoms with E-state index >= 15 is 0 Å². The normalized spacial score (nSPS) is 8.25. The SMILES string of the molecule is Br.NCCCCCN. The molecule has 2 nitrogen and oxygen atoms in total. The van der Waals surface area contributed by atoms with Gasteiger partial charge in [0.1, 0.15) is 0 Å². The number of hydrogen-bond acceptors (Lipinski definition) is 2. The summed E-state index contributed by atoms with van der Waals surface area (Å²) in [7, 11) is 0. The molecular weight excluding hydrogens is 168 g/mol. The third-order valence-corrected chi connectivity index (χ3v) is 0.908. The zero-order valence-electron chi connectivity index (χ0n) is 5.10. The first-order valence-corrected chi connectivity index (χ1v) is 2.82. The predicted octanol–water partition coefficient (Wildman–Crippen LogP) is 0.652. The lowest BCUT2D eigenvalue weighted by Crippen LogP contribution is -2.02. The van der Waals surface area contributed by atoms with E-state index in [1.165, 1.54) is 6.42 Å². The molecule has 0 atom stereocenters. The average Bonchev–Trinajstić information content (AvgIpc) is 1.69. The first-order valence-electron chi connectivity index (χ1n) is 2.82. The molecule has 52 valence electrons. The zero-order valence-corrected chi connectivity index (χ0v) is 6.81. The average molecular weight is 183 g/mol. The van der Waals surface area contributed by atoms with E-state index in [0.717, 1.165) is 25.9 Å². The van der Waals surface area contributed by atoms with E-state index in [1.807, 2.05) is 0 Å². The maximum atomic E-state index is 5.23. The monoisotopic (exact) mass is 182 g/mol. The smallest absolute Gasteiger partial charge is 0.00773 e. The van der Waals surface area contributed by atoms with E-state index in [9.17, 15) is 0 Å². The van der Waals surface area contributed by atoms with Crippen LogP contribution in [0.4, 0.5) is 0 Å². The Bertz CT molecular complexity index is 29.6. The minimum Gasteiger partial charge on any atom is -0.330 e. The molecule has 0 saturated heterocycles. The fraction of sp³-hybridized carbons (Fsp3) is 1.00. The summed E-state index contributed by atoms with van der Waals surface area (Å²) in [5.74, 6) is 0. The molecule has 0 aromatic carbocycles. The van der Waals surface area contributed by atoms with E-state index in [4.69, 9.17) is 11.5 Å². The summed E-state index contributed by atoms with van der Waals surface area (Å²) in [6.45, 7) is 1.61. The lowest BCUT2D eigenvalue weighted by Gasteiger charge is -1.91. The summed E-state index contributed by atoms with van der Waals surface area (Å²) < 4.78 is 0. The number of rotatable bonds is 4. The molecule has 0 fully saturated rings. The van der Waals surface area contributed by atoms with Crippen molar-refractivity contribution in [1.29, 1.82) is 0 Å². The van der Waals surface area contributed by atoms with E-state index in [0.29, 0.717) is 0 Å². The Balaban J connectivity index is 0. The van der Waals surface area contributed by atoms with Gasteiger partial charge < -0.3 is 11.5 Å². The number of nitrogens with two attached hydrogens (primary N) is 2. The van der Waals surface area contributed by atoms with E-state index in [2.05, 4.69) is 0 Å². The van der Waals surface area contributed by atoms with Crippen LogP contribution in [0, 0.1) is 0 Å². The van der Waals surface area contributed by atoms with Crippen LogP contribution >= 0.6 is 17.0 Å². The molecule has 4 N–H and O–H groups in total. The molecule has 0 rings (SSSR count). The molecule has 0 amide bonds. The van der Waals surface area contributed by atoms with Crippen molar-refractivity contribution in [2.75, 3.05) is 13.1 Å². The number of unbranched alkanes of at least 4 members (excludes halogenated alkanes) is 2. The highest BCUT2D eigenvalue weighted by Crippen LogP contribution is 1.88. The fourth-order valence-corrected chi connectivity index (χ4v) is 0.465. The standard InChI is InChI=1S/C5H14N2.BrH/c6-4-2-1-3-5-7;/h1-7H2;1H. The summed E-state index contributed by atoms with van der Waals surface area (Å²) in [5.41, 5.74) is 10.5. The highest BCUT2D eigenvalue weighted by atomic mass is 79.9. The third-order valence-electron chi connectivity index (χ3n) is 0.908. The Morgan fingerprint density at radius 3 is 1.38 bits per heavy atom. The molecule has 0 radical (unpaired) electrons. The van der Waals surface area contributed by atoms with Gasteiger partial charge in [-0.05, 0) is 25.9 Å².